The maximum atomic E-state index is 11.9. The minimum atomic E-state index is -0.257. The first-order valence-electron chi connectivity index (χ1n) is 5.34. The standard InChI is InChI=1S/C11H12ClN3O2S/c1-6(5-17-2)11(16)13-9-7(12)3-4-8-10(9)15-18-14-8/h3-4,6H,5H2,1-2H3,(H,13,16)/t6-/m1/s1. The van der Waals surface area contributed by atoms with E-state index in [1.54, 1.807) is 26.2 Å². The number of rotatable bonds is 4. The zero-order valence-corrected chi connectivity index (χ0v) is 11.5. The number of hydrogen-bond acceptors (Lipinski definition) is 5. The molecule has 0 unspecified atom stereocenters. The molecule has 1 heterocycles. The van der Waals surface area contributed by atoms with Crippen LogP contribution < -0.4 is 5.32 Å². The number of carbonyl (C=O) groups is 1. The van der Waals surface area contributed by atoms with Crippen LogP contribution in [0.5, 0.6) is 0 Å². The third-order valence-electron chi connectivity index (χ3n) is 2.49. The summed E-state index contributed by atoms with van der Waals surface area (Å²) in [5.41, 5.74) is 1.85. The van der Waals surface area contributed by atoms with Gasteiger partial charge in [-0.1, -0.05) is 18.5 Å². The smallest absolute Gasteiger partial charge is 0.229 e. The van der Waals surface area contributed by atoms with Crippen LogP contribution >= 0.6 is 23.3 Å². The number of halogens is 1. The molecule has 0 fully saturated rings. The van der Waals surface area contributed by atoms with Crippen LogP contribution in [0, 0.1) is 5.92 Å². The molecule has 18 heavy (non-hydrogen) atoms. The third kappa shape index (κ3) is 2.60. The van der Waals surface area contributed by atoms with Gasteiger partial charge >= 0.3 is 0 Å². The lowest BCUT2D eigenvalue weighted by atomic mass is 10.1. The Bertz CT molecular complexity index is 572. The summed E-state index contributed by atoms with van der Waals surface area (Å²) >= 11 is 7.16. The Morgan fingerprint density at radius 2 is 2.33 bits per heavy atom. The second-order valence-corrected chi connectivity index (χ2v) is 4.84. The number of nitrogens with one attached hydrogen (secondary N) is 1. The second kappa shape index (κ2) is 5.60. The van der Waals surface area contributed by atoms with E-state index in [2.05, 4.69) is 14.1 Å². The van der Waals surface area contributed by atoms with E-state index >= 15 is 0 Å². The molecule has 1 aromatic carbocycles. The Hall–Kier alpha value is -1.24. The summed E-state index contributed by atoms with van der Waals surface area (Å²) in [7, 11) is 1.56. The largest absolute Gasteiger partial charge is 0.384 e. The third-order valence-corrected chi connectivity index (χ3v) is 3.35. The molecule has 0 aliphatic rings. The lowest BCUT2D eigenvalue weighted by molar-refractivity contribution is -0.120. The number of anilines is 1. The van der Waals surface area contributed by atoms with Crippen molar-refractivity contribution in [3.05, 3.63) is 17.2 Å². The van der Waals surface area contributed by atoms with Gasteiger partial charge in [0, 0.05) is 7.11 Å². The molecule has 96 valence electrons. The highest BCUT2D eigenvalue weighted by atomic mass is 35.5. The normalized spacial score (nSPS) is 12.6. The first kappa shape index (κ1) is 13.2. The van der Waals surface area contributed by atoms with Gasteiger partial charge in [-0.15, -0.1) is 0 Å². The molecule has 2 aromatic rings. The lowest BCUT2D eigenvalue weighted by Crippen LogP contribution is -2.24. The molecule has 1 N–H and O–H groups in total. The van der Waals surface area contributed by atoms with Crippen molar-refractivity contribution in [2.75, 3.05) is 19.0 Å². The molecule has 5 nitrogen and oxygen atoms in total. The summed E-state index contributed by atoms with van der Waals surface area (Å²) in [6.07, 6.45) is 0. The lowest BCUT2D eigenvalue weighted by Gasteiger charge is -2.12. The van der Waals surface area contributed by atoms with Crippen LogP contribution in [0.3, 0.4) is 0 Å². The average molecular weight is 286 g/mol. The Morgan fingerprint density at radius 3 is 3.06 bits per heavy atom. The van der Waals surface area contributed by atoms with Gasteiger partial charge in [-0.25, -0.2) is 0 Å². The van der Waals surface area contributed by atoms with Crippen molar-refractivity contribution in [3.63, 3.8) is 0 Å². The van der Waals surface area contributed by atoms with Crippen LogP contribution in [0.4, 0.5) is 5.69 Å². The molecule has 1 aromatic heterocycles. The monoisotopic (exact) mass is 285 g/mol. The number of fused-ring (bicyclic) bond motifs is 1. The van der Waals surface area contributed by atoms with Crippen molar-refractivity contribution in [2.24, 2.45) is 5.92 Å². The number of ether oxygens (including phenoxy) is 1. The summed E-state index contributed by atoms with van der Waals surface area (Å²) in [4.78, 5) is 11.9. The van der Waals surface area contributed by atoms with E-state index in [9.17, 15) is 4.79 Å². The van der Waals surface area contributed by atoms with E-state index in [-0.39, 0.29) is 11.8 Å². The van der Waals surface area contributed by atoms with Crippen LogP contribution in [0.15, 0.2) is 12.1 Å². The minimum Gasteiger partial charge on any atom is -0.384 e. The molecule has 0 saturated heterocycles. The molecule has 2 rings (SSSR count). The van der Waals surface area contributed by atoms with Gasteiger partial charge in [0.15, 0.2) is 0 Å². The average Bonchev–Trinajstić information content (AvgIpc) is 2.81. The molecule has 0 aliphatic carbocycles. The van der Waals surface area contributed by atoms with Gasteiger partial charge in [-0.3, -0.25) is 4.79 Å². The molecule has 1 atom stereocenters. The van der Waals surface area contributed by atoms with Crippen molar-refractivity contribution in [2.45, 2.75) is 6.92 Å². The zero-order valence-electron chi connectivity index (χ0n) is 9.94. The van der Waals surface area contributed by atoms with Gasteiger partial charge < -0.3 is 10.1 Å². The molecule has 0 aliphatic heterocycles. The molecule has 0 radical (unpaired) electrons. The highest BCUT2D eigenvalue weighted by Crippen LogP contribution is 2.30. The van der Waals surface area contributed by atoms with Crippen LogP contribution in [0.25, 0.3) is 11.0 Å². The maximum absolute atomic E-state index is 11.9. The van der Waals surface area contributed by atoms with Crippen LogP contribution in [0.1, 0.15) is 6.92 Å². The number of benzene rings is 1. The maximum Gasteiger partial charge on any atom is 0.229 e. The Balaban J connectivity index is 2.28. The van der Waals surface area contributed by atoms with Gasteiger partial charge in [0.1, 0.15) is 11.0 Å². The first-order valence-corrected chi connectivity index (χ1v) is 6.45. The molecular weight excluding hydrogens is 274 g/mol. The zero-order chi connectivity index (χ0) is 13.1. The van der Waals surface area contributed by atoms with Crippen LogP contribution in [0.2, 0.25) is 5.02 Å². The van der Waals surface area contributed by atoms with Crippen molar-refractivity contribution in [3.8, 4) is 0 Å². The van der Waals surface area contributed by atoms with E-state index in [0.717, 1.165) is 17.2 Å². The quantitative estimate of drug-likeness (QED) is 0.938. The molecule has 0 saturated carbocycles. The van der Waals surface area contributed by atoms with Gasteiger partial charge in [-0.2, -0.15) is 8.75 Å². The fourth-order valence-electron chi connectivity index (χ4n) is 1.52. The SMILES string of the molecule is COC[C@@H](C)C(=O)Nc1c(Cl)ccc2nsnc12. The Kier molecular flexibility index (Phi) is 4.11. The highest BCUT2D eigenvalue weighted by Gasteiger charge is 2.17. The second-order valence-electron chi connectivity index (χ2n) is 3.90. The first-order chi connectivity index (χ1) is 8.63. The van der Waals surface area contributed by atoms with Gasteiger partial charge in [0.05, 0.1) is 35.0 Å². The van der Waals surface area contributed by atoms with E-state index in [1.807, 2.05) is 0 Å². The minimum absolute atomic E-state index is 0.153. The number of methoxy groups -OCH3 is 1. The number of carbonyl (C=O) groups excluding carboxylic acids is 1. The fraction of sp³-hybridized carbons (Fsp3) is 0.364. The van der Waals surface area contributed by atoms with Crippen LogP contribution in [-0.4, -0.2) is 28.4 Å². The van der Waals surface area contributed by atoms with E-state index in [4.69, 9.17) is 16.3 Å². The summed E-state index contributed by atoms with van der Waals surface area (Å²) in [5, 5.41) is 3.23. The molecule has 7 heteroatoms. The summed E-state index contributed by atoms with van der Waals surface area (Å²) in [6, 6.07) is 3.47. The van der Waals surface area contributed by atoms with E-state index in [1.165, 1.54) is 0 Å². The molecule has 0 spiro atoms. The number of aromatic nitrogens is 2. The number of nitrogens with zero attached hydrogens (tertiary/aromatic N) is 2. The summed E-state index contributed by atoms with van der Waals surface area (Å²) < 4.78 is 13.2. The predicted molar refractivity (Wildman–Crippen MR) is 72.1 cm³/mol. The van der Waals surface area contributed by atoms with Gasteiger partial charge in [0.25, 0.3) is 0 Å². The predicted octanol–water partition coefficient (Wildman–Crippen LogP) is 2.57. The molecule has 0 bridgehead atoms. The van der Waals surface area contributed by atoms with Crippen molar-refractivity contribution < 1.29 is 9.53 Å². The van der Waals surface area contributed by atoms with Crippen molar-refractivity contribution >= 4 is 46.0 Å². The van der Waals surface area contributed by atoms with Crippen LogP contribution in [-0.2, 0) is 9.53 Å². The summed E-state index contributed by atoms with van der Waals surface area (Å²) in [6.45, 7) is 2.14. The van der Waals surface area contributed by atoms with Crippen molar-refractivity contribution in [1.29, 1.82) is 0 Å². The van der Waals surface area contributed by atoms with Gasteiger partial charge in [0.2, 0.25) is 5.91 Å². The number of hydrogen-bond donors (Lipinski definition) is 1. The fourth-order valence-corrected chi connectivity index (χ4v) is 2.26. The van der Waals surface area contributed by atoms with E-state index in [0.29, 0.717) is 22.8 Å². The molecular formula is C11H12ClN3O2S. The van der Waals surface area contributed by atoms with E-state index < -0.39 is 0 Å². The van der Waals surface area contributed by atoms with Crippen molar-refractivity contribution in [1.82, 2.24) is 8.75 Å². The van der Waals surface area contributed by atoms with Gasteiger partial charge in [-0.05, 0) is 12.1 Å². The Morgan fingerprint density at radius 1 is 1.56 bits per heavy atom. The number of amides is 1. The molecule has 1 amide bonds. The Labute approximate surface area is 113 Å². The highest BCUT2D eigenvalue weighted by molar-refractivity contribution is 7.00. The summed E-state index contributed by atoms with van der Waals surface area (Å²) in [5.74, 6) is -0.410. The topological polar surface area (TPSA) is 64.1 Å².